The van der Waals surface area contributed by atoms with E-state index in [-0.39, 0.29) is 0 Å². The van der Waals surface area contributed by atoms with Crippen LogP contribution in [0.2, 0.25) is 0 Å². The fraction of sp³-hybridized carbons (Fsp3) is 0.444. The number of aromatic nitrogens is 1. The van der Waals surface area contributed by atoms with Gasteiger partial charge in [-0.2, -0.15) is 0 Å². The van der Waals surface area contributed by atoms with Crippen molar-refractivity contribution in [3.05, 3.63) is 45.4 Å². The average molecular weight is 326 g/mol. The highest BCUT2D eigenvalue weighted by Gasteiger charge is 2.25. The van der Waals surface area contributed by atoms with Crippen LogP contribution >= 0.6 is 11.3 Å². The summed E-state index contributed by atoms with van der Waals surface area (Å²) in [4.78, 5) is 9.11. The standard InChI is InChI=1S/C18H22N4S/c19-18(20-10-17-21-16(11-23-17)13-8-9-13)22-15-7-3-5-12-4-1-2-6-14(12)15/h3,5,7,11,13H,1-2,4,6,8-10H2,(H3,19,20,22). The zero-order chi connectivity index (χ0) is 15.6. The van der Waals surface area contributed by atoms with Gasteiger partial charge in [-0.25, -0.2) is 9.98 Å². The van der Waals surface area contributed by atoms with Crippen molar-refractivity contribution < 1.29 is 0 Å². The van der Waals surface area contributed by atoms with Crippen LogP contribution in [0.4, 0.5) is 5.69 Å². The molecular formula is C18H22N4S. The number of benzene rings is 1. The average Bonchev–Trinajstić information content (AvgIpc) is 3.32. The first kappa shape index (κ1) is 14.7. The molecule has 2 aromatic rings. The number of hydrogen-bond donors (Lipinski definition) is 2. The zero-order valence-electron chi connectivity index (χ0n) is 13.2. The minimum absolute atomic E-state index is 0.479. The molecule has 0 amide bonds. The molecule has 2 aliphatic rings. The number of thiazole rings is 1. The number of hydrogen-bond acceptors (Lipinski definition) is 3. The largest absolute Gasteiger partial charge is 0.370 e. The number of nitrogens with one attached hydrogen (secondary N) is 1. The number of nitrogens with two attached hydrogens (primary N) is 1. The van der Waals surface area contributed by atoms with E-state index in [1.807, 2.05) is 0 Å². The van der Waals surface area contributed by atoms with Crippen LogP contribution in [0.3, 0.4) is 0 Å². The Morgan fingerprint density at radius 1 is 1.30 bits per heavy atom. The topological polar surface area (TPSA) is 63.3 Å². The van der Waals surface area contributed by atoms with Gasteiger partial charge in [0.1, 0.15) is 5.01 Å². The predicted molar refractivity (Wildman–Crippen MR) is 96.1 cm³/mol. The first-order valence-corrected chi connectivity index (χ1v) is 9.29. The van der Waals surface area contributed by atoms with E-state index in [0.29, 0.717) is 18.4 Å². The Balaban J connectivity index is 1.43. The van der Waals surface area contributed by atoms with Crippen molar-refractivity contribution in [1.82, 2.24) is 4.98 Å². The molecule has 0 saturated heterocycles. The maximum atomic E-state index is 6.08. The van der Waals surface area contributed by atoms with Crippen molar-refractivity contribution in [1.29, 1.82) is 0 Å². The van der Waals surface area contributed by atoms with Crippen LogP contribution in [0.15, 0.2) is 28.6 Å². The fourth-order valence-electron chi connectivity index (χ4n) is 3.19. The van der Waals surface area contributed by atoms with Crippen LogP contribution in [0.25, 0.3) is 0 Å². The number of aliphatic imine (C=N–C) groups is 1. The highest BCUT2D eigenvalue weighted by atomic mass is 32.1. The van der Waals surface area contributed by atoms with E-state index in [1.165, 1.54) is 48.9 Å². The fourth-order valence-corrected chi connectivity index (χ4v) is 3.99. The van der Waals surface area contributed by atoms with Crippen molar-refractivity contribution in [2.45, 2.75) is 51.0 Å². The lowest BCUT2D eigenvalue weighted by atomic mass is 9.90. The number of nitrogens with zero attached hydrogens (tertiary/aromatic N) is 2. The summed E-state index contributed by atoms with van der Waals surface area (Å²) in [5.74, 6) is 1.18. The van der Waals surface area contributed by atoms with Crippen LogP contribution < -0.4 is 11.1 Å². The Morgan fingerprint density at radius 2 is 2.17 bits per heavy atom. The van der Waals surface area contributed by atoms with Gasteiger partial charge in [0.15, 0.2) is 5.96 Å². The van der Waals surface area contributed by atoms with E-state index in [9.17, 15) is 0 Å². The third-order valence-corrected chi connectivity index (χ3v) is 5.46. The maximum absolute atomic E-state index is 6.08. The highest BCUT2D eigenvalue weighted by molar-refractivity contribution is 7.09. The minimum atomic E-state index is 0.479. The quantitative estimate of drug-likeness (QED) is 0.663. The molecule has 4 rings (SSSR count). The minimum Gasteiger partial charge on any atom is -0.370 e. The van der Waals surface area contributed by atoms with Crippen molar-refractivity contribution in [2.24, 2.45) is 10.7 Å². The molecule has 1 aromatic carbocycles. The number of aryl methyl sites for hydroxylation is 1. The number of rotatable bonds is 4. The van der Waals surface area contributed by atoms with Gasteiger partial charge in [0, 0.05) is 17.0 Å². The molecule has 1 fully saturated rings. The molecule has 0 spiro atoms. The normalized spacial score (nSPS) is 17.8. The Hall–Kier alpha value is -1.88. The Kier molecular flexibility index (Phi) is 4.04. The summed E-state index contributed by atoms with van der Waals surface area (Å²) in [6.45, 7) is 0.561. The summed E-state index contributed by atoms with van der Waals surface area (Å²) in [5, 5.41) is 6.50. The molecule has 3 N–H and O–H groups in total. The molecular weight excluding hydrogens is 304 g/mol. The summed E-state index contributed by atoms with van der Waals surface area (Å²) in [5.41, 5.74) is 11.3. The SMILES string of the molecule is NC(=NCc1nc(C2CC2)cs1)Nc1cccc2c1CCCC2. The van der Waals surface area contributed by atoms with Gasteiger partial charge in [-0.1, -0.05) is 12.1 Å². The molecule has 0 unspecified atom stereocenters. The second-order valence-corrected chi connectivity index (χ2v) is 7.36. The molecule has 0 radical (unpaired) electrons. The third-order valence-electron chi connectivity index (χ3n) is 4.61. The second kappa shape index (κ2) is 6.32. The smallest absolute Gasteiger partial charge is 0.193 e. The monoisotopic (exact) mass is 326 g/mol. The second-order valence-electron chi connectivity index (χ2n) is 6.42. The van der Waals surface area contributed by atoms with Crippen LogP contribution in [-0.4, -0.2) is 10.9 Å². The summed E-state index contributed by atoms with van der Waals surface area (Å²) in [6, 6.07) is 6.42. The zero-order valence-corrected chi connectivity index (χ0v) is 14.0. The summed E-state index contributed by atoms with van der Waals surface area (Å²) in [7, 11) is 0. The van der Waals surface area contributed by atoms with E-state index >= 15 is 0 Å². The van der Waals surface area contributed by atoms with Crippen LogP contribution in [0.5, 0.6) is 0 Å². The van der Waals surface area contributed by atoms with Crippen LogP contribution in [0.1, 0.15) is 53.4 Å². The van der Waals surface area contributed by atoms with Crippen molar-refractivity contribution in [3.8, 4) is 0 Å². The number of fused-ring (bicyclic) bond motifs is 1. The first-order chi connectivity index (χ1) is 11.3. The number of anilines is 1. The molecule has 23 heavy (non-hydrogen) atoms. The lowest BCUT2D eigenvalue weighted by Crippen LogP contribution is -2.24. The van der Waals surface area contributed by atoms with Crippen molar-refractivity contribution >= 4 is 23.0 Å². The lowest BCUT2D eigenvalue weighted by Gasteiger charge is -2.19. The van der Waals surface area contributed by atoms with E-state index < -0.39 is 0 Å². The maximum Gasteiger partial charge on any atom is 0.193 e. The lowest BCUT2D eigenvalue weighted by molar-refractivity contribution is 0.687. The molecule has 1 heterocycles. The van der Waals surface area contributed by atoms with E-state index in [2.05, 4.69) is 38.9 Å². The molecule has 0 aliphatic heterocycles. The molecule has 5 heteroatoms. The first-order valence-electron chi connectivity index (χ1n) is 8.41. The van der Waals surface area contributed by atoms with Gasteiger partial charge in [-0.3, -0.25) is 0 Å². The van der Waals surface area contributed by atoms with Gasteiger partial charge in [0.05, 0.1) is 12.2 Å². The predicted octanol–water partition coefficient (Wildman–Crippen LogP) is 3.83. The van der Waals surface area contributed by atoms with Gasteiger partial charge in [-0.05, 0) is 55.7 Å². The van der Waals surface area contributed by atoms with Gasteiger partial charge in [-0.15, -0.1) is 11.3 Å². The Labute approximate surface area is 140 Å². The van der Waals surface area contributed by atoms with Crippen molar-refractivity contribution in [2.75, 3.05) is 5.32 Å². The highest BCUT2D eigenvalue weighted by Crippen LogP contribution is 2.40. The number of guanidine groups is 1. The summed E-state index contributed by atoms with van der Waals surface area (Å²) < 4.78 is 0. The van der Waals surface area contributed by atoms with Crippen LogP contribution in [0, 0.1) is 0 Å². The summed E-state index contributed by atoms with van der Waals surface area (Å²) >= 11 is 1.69. The third kappa shape index (κ3) is 3.39. The van der Waals surface area contributed by atoms with Gasteiger partial charge in [0.2, 0.25) is 0 Å². The molecule has 0 atom stereocenters. The van der Waals surface area contributed by atoms with Gasteiger partial charge in [0.25, 0.3) is 0 Å². The summed E-state index contributed by atoms with van der Waals surface area (Å²) in [6.07, 6.45) is 7.41. The van der Waals surface area contributed by atoms with E-state index in [0.717, 1.165) is 17.1 Å². The molecule has 0 bridgehead atoms. The molecule has 4 nitrogen and oxygen atoms in total. The van der Waals surface area contributed by atoms with E-state index in [4.69, 9.17) is 5.73 Å². The molecule has 120 valence electrons. The van der Waals surface area contributed by atoms with Crippen molar-refractivity contribution in [3.63, 3.8) is 0 Å². The van der Waals surface area contributed by atoms with Crippen LogP contribution in [-0.2, 0) is 19.4 Å². The van der Waals surface area contributed by atoms with Gasteiger partial charge < -0.3 is 11.1 Å². The Bertz CT molecular complexity index is 730. The molecule has 1 aromatic heterocycles. The van der Waals surface area contributed by atoms with Gasteiger partial charge >= 0.3 is 0 Å². The molecule has 2 aliphatic carbocycles. The van der Waals surface area contributed by atoms with E-state index in [1.54, 1.807) is 11.3 Å². The Morgan fingerprint density at radius 3 is 3.04 bits per heavy atom. The molecule has 1 saturated carbocycles.